The van der Waals surface area contributed by atoms with Crippen LogP contribution in [-0.4, -0.2) is 89.4 Å². The molecule has 0 spiro atoms. The van der Waals surface area contributed by atoms with Gasteiger partial charge in [-0.2, -0.15) is 0 Å². The molecule has 3 aromatic rings. The summed E-state index contributed by atoms with van der Waals surface area (Å²) in [4.78, 5) is 38.6. The van der Waals surface area contributed by atoms with Crippen molar-refractivity contribution in [2.75, 3.05) is 46.4 Å². The summed E-state index contributed by atoms with van der Waals surface area (Å²) >= 11 is 0. The first kappa shape index (κ1) is 32.0. The van der Waals surface area contributed by atoms with E-state index in [-0.39, 0.29) is 11.7 Å². The fourth-order valence-electron chi connectivity index (χ4n) is 7.33. The zero-order valence-corrected chi connectivity index (χ0v) is 26.8. The average molecular weight is 604 g/mol. The van der Waals surface area contributed by atoms with Gasteiger partial charge in [-0.15, -0.1) is 0 Å². The predicted molar refractivity (Wildman–Crippen MR) is 174 cm³/mol. The molecule has 1 amide bonds. The second-order valence-electron chi connectivity index (χ2n) is 12.2. The van der Waals surface area contributed by atoms with Crippen LogP contribution in [0.5, 0.6) is 11.5 Å². The highest BCUT2D eigenvalue weighted by Gasteiger charge is 2.56. The number of rotatable bonds is 12. The Morgan fingerprint density at radius 2 is 1.68 bits per heavy atom. The maximum Gasteiger partial charge on any atom is 0.252 e. The van der Waals surface area contributed by atoms with Crippen molar-refractivity contribution < 1.29 is 19.1 Å². The number of likely N-dealkylation sites (tertiary alicyclic amines) is 2. The molecule has 2 aliphatic heterocycles. The van der Waals surface area contributed by atoms with Gasteiger partial charge in [0.15, 0.2) is 22.8 Å². The Hall–Kier alpha value is -3.40. The van der Waals surface area contributed by atoms with Crippen LogP contribution in [-0.2, 0) is 16.1 Å². The van der Waals surface area contributed by atoms with E-state index >= 15 is 0 Å². The maximum atomic E-state index is 14.9. The van der Waals surface area contributed by atoms with Gasteiger partial charge in [0.1, 0.15) is 0 Å². The van der Waals surface area contributed by atoms with Crippen molar-refractivity contribution in [1.82, 2.24) is 19.7 Å². The van der Waals surface area contributed by atoms with Gasteiger partial charge in [0.05, 0.1) is 19.3 Å². The Balaban J connectivity index is 1.49. The molecule has 9 heteroatoms. The van der Waals surface area contributed by atoms with E-state index in [1.807, 2.05) is 62.5 Å². The number of ketones is 1. The second kappa shape index (κ2) is 14.1. The van der Waals surface area contributed by atoms with E-state index in [0.717, 1.165) is 48.0 Å². The molecule has 0 aliphatic carbocycles. The number of carbonyl (C=O) groups is 2. The lowest BCUT2D eigenvalue weighted by Crippen LogP contribution is -2.69. The van der Waals surface area contributed by atoms with Crippen molar-refractivity contribution in [1.29, 1.82) is 0 Å². The quantitative estimate of drug-likeness (QED) is 0.284. The van der Waals surface area contributed by atoms with Crippen LogP contribution in [0.2, 0.25) is 0 Å². The molecule has 5 rings (SSSR count). The molecule has 2 fully saturated rings. The summed E-state index contributed by atoms with van der Waals surface area (Å²) in [5.41, 5.74) is 8.20. The van der Waals surface area contributed by atoms with Crippen molar-refractivity contribution in [3.05, 3.63) is 59.8 Å². The van der Waals surface area contributed by atoms with Gasteiger partial charge >= 0.3 is 0 Å². The Morgan fingerprint density at radius 1 is 1.00 bits per heavy atom. The number of Topliss-reactive ketones (excluding diaryl/α,β-unsaturated/α-hetero) is 1. The summed E-state index contributed by atoms with van der Waals surface area (Å²) in [5, 5.41) is 0.928. The molecule has 0 bridgehead atoms. The number of hydrogen-bond acceptors (Lipinski definition) is 7. The van der Waals surface area contributed by atoms with Crippen LogP contribution in [0.3, 0.4) is 0 Å². The summed E-state index contributed by atoms with van der Waals surface area (Å²) in [6.07, 6.45) is 7.45. The third-order valence-corrected chi connectivity index (χ3v) is 9.51. The van der Waals surface area contributed by atoms with Crippen LogP contribution in [0.1, 0.15) is 70.0 Å². The minimum atomic E-state index is -1.55. The molecule has 2 aliphatic rings. The van der Waals surface area contributed by atoms with Crippen molar-refractivity contribution in [3.63, 3.8) is 0 Å². The van der Waals surface area contributed by atoms with Crippen LogP contribution in [0.4, 0.5) is 0 Å². The smallest absolute Gasteiger partial charge is 0.252 e. The zero-order valence-electron chi connectivity index (χ0n) is 26.8. The minimum Gasteiger partial charge on any atom is -0.490 e. The number of ether oxygens (including phenoxy) is 2. The highest BCUT2D eigenvalue weighted by Crippen LogP contribution is 2.39. The summed E-state index contributed by atoms with van der Waals surface area (Å²) < 4.78 is 11.6. The van der Waals surface area contributed by atoms with Gasteiger partial charge in [0.2, 0.25) is 0 Å². The Bertz CT molecular complexity index is 1430. The van der Waals surface area contributed by atoms with E-state index in [4.69, 9.17) is 15.2 Å². The number of fused-ring (bicyclic) bond motifs is 1. The number of likely N-dealkylation sites (N-methyl/N-ethyl adjacent to an activating group) is 1. The monoisotopic (exact) mass is 603 g/mol. The second-order valence-corrected chi connectivity index (χ2v) is 12.2. The van der Waals surface area contributed by atoms with Gasteiger partial charge in [-0.3, -0.25) is 14.5 Å². The van der Waals surface area contributed by atoms with E-state index < -0.39 is 11.6 Å². The molecule has 2 aromatic carbocycles. The van der Waals surface area contributed by atoms with Gasteiger partial charge in [0, 0.05) is 49.8 Å². The Kier molecular flexibility index (Phi) is 10.3. The number of nitrogens with one attached hydrogen (secondary N) is 1. The summed E-state index contributed by atoms with van der Waals surface area (Å²) in [6, 6.07) is 13.2. The molecule has 238 valence electrons. The van der Waals surface area contributed by atoms with Crippen molar-refractivity contribution in [2.24, 2.45) is 5.73 Å². The molecule has 0 saturated carbocycles. The topological polar surface area (TPSA) is 104 Å². The number of benzene rings is 2. The van der Waals surface area contributed by atoms with Crippen LogP contribution >= 0.6 is 0 Å². The lowest BCUT2D eigenvalue weighted by atomic mass is 9.78. The normalized spacial score (nSPS) is 18.9. The van der Waals surface area contributed by atoms with Gasteiger partial charge in [-0.25, -0.2) is 0 Å². The number of aromatic amines is 1. The first-order valence-corrected chi connectivity index (χ1v) is 16.3. The number of hydrogen-bond donors (Lipinski definition) is 2. The van der Waals surface area contributed by atoms with Crippen LogP contribution in [0.15, 0.2) is 48.7 Å². The van der Waals surface area contributed by atoms with E-state index in [2.05, 4.69) is 14.8 Å². The number of H-pyrrole nitrogens is 1. The van der Waals surface area contributed by atoms with E-state index in [9.17, 15) is 9.59 Å². The number of para-hydroxylation sites is 1. The number of nitrogens with zero attached hydrogens (tertiary/aromatic N) is 3. The van der Waals surface area contributed by atoms with Crippen molar-refractivity contribution in [2.45, 2.75) is 77.0 Å². The molecule has 2 saturated heterocycles. The summed E-state index contributed by atoms with van der Waals surface area (Å²) in [5.74, 6) is 0.792. The molecule has 9 nitrogen and oxygen atoms in total. The summed E-state index contributed by atoms with van der Waals surface area (Å²) in [7, 11) is 1.76. The number of nitrogens with two attached hydrogens (primary N) is 1. The highest BCUT2D eigenvalue weighted by molar-refractivity contribution is 6.11. The van der Waals surface area contributed by atoms with Crippen molar-refractivity contribution >= 4 is 22.6 Å². The molecule has 2 unspecified atom stereocenters. The predicted octanol–water partition coefficient (Wildman–Crippen LogP) is 4.90. The number of amides is 1. The lowest BCUT2D eigenvalue weighted by molar-refractivity contribution is -0.155. The Morgan fingerprint density at radius 3 is 2.36 bits per heavy atom. The average Bonchev–Trinajstić information content (AvgIpc) is 3.47. The molecule has 1 aromatic heterocycles. The first-order chi connectivity index (χ1) is 21.3. The fourth-order valence-corrected chi connectivity index (χ4v) is 7.33. The zero-order chi connectivity index (χ0) is 31.3. The first-order valence-electron chi connectivity index (χ1n) is 16.3. The molecule has 3 N–H and O–H groups in total. The molecule has 2 atom stereocenters. The number of aromatic nitrogens is 1. The molecular formula is C35H49N5O4. The summed E-state index contributed by atoms with van der Waals surface area (Å²) in [6.45, 7) is 10.2. The number of carbonyl (C=O) groups excluding carboxylic acids is 2. The van der Waals surface area contributed by atoms with Gasteiger partial charge in [-0.05, 0) is 88.9 Å². The van der Waals surface area contributed by atoms with E-state index in [1.54, 1.807) is 11.9 Å². The lowest BCUT2D eigenvalue weighted by Gasteiger charge is -2.50. The van der Waals surface area contributed by atoms with E-state index in [1.165, 1.54) is 26.2 Å². The molecule has 0 radical (unpaired) electrons. The van der Waals surface area contributed by atoms with Crippen molar-refractivity contribution in [3.8, 4) is 11.5 Å². The molecule has 3 heterocycles. The minimum absolute atomic E-state index is 0.231. The standard InChI is InChI=1S/C35H49N5O4/c1-5-43-31-15-14-26(22-32(31)44-6-2)24-38(4)34(42)35(25(3)41,33(36)29-23-37-30-13-9-8-12-28(29)30)40-20-16-27(17-21-40)39-18-10-7-11-19-39/h8-9,12-15,22-23,27,33,37H,5-7,10-11,16-21,24,36H2,1-4H3. The van der Waals surface area contributed by atoms with Crippen LogP contribution in [0.25, 0.3) is 10.9 Å². The third kappa shape index (κ3) is 6.23. The maximum absolute atomic E-state index is 14.9. The molecular weight excluding hydrogens is 554 g/mol. The van der Waals surface area contributed by atoms with Crippen LogP contribution < -0.4 is 15.2 Å². The fraction of sp³-hybridized carbons (Fsp3) is 0.543. The third-order valence-electron chi connectivity index (χ3n) is 9.51. The largest absolute Gasteiger partial charge is 0.490 e. The van der Waals surface area contributed by atoms with E-state index in [0.29, 0.717) is 50.4 Å². The van der Waals surface area contributed by atoms with Gasteiger partial charge in [-0.1, -0.05) is 30.7 Å². The van der Waals surface area contributed by atoms with Gasteiger partial charge < -0.3 is 30.0 Å². The SMILES string of the molecule is CCOc1ccc(CN(C)C(=O)C(C(C)=O)(C(N)c2c[nH]c3ccccc23)N2CCC(N3CCCCC3)CC2)cc1OCC. The van der Waals surface area contributed by atoms with Crippen LogP contribution in [0, 0.1) is 0 Å². The Labute approximate surface area is 261 Å². The number of piperidine rings is 2. The van der Waals surface area contributed by atoms with Gasteiger partial charge in [0.25, 0.3) is 5.91 Å². The molecule has 44 heavy (non-hydrogen) atoms. The highest BCUT2D eigenvalue weighted by atomic mass is 16.5.